The van der Waals surface area contributed by atoms with Crippen molar-refractivity contribution < 1.29 is 0 Å². The van der Waals surface area contributed by atoms with Crippen LogP contribution >= 0.6 is 11.3 Å². The summed E-state index contributed by atoms with van der Waals surface area (Å²) < 4.78 is 0. The number of aromatic nitrogens is 1. The first-order valence-electron chi connectivity index (χ1n) is 5.22. The van der Waals surface area contributed by atoms with Gasteiger partial charge >= 0.3 is 0 Å². The summed E-state index contributed by atoms with van der Waals surface area (Å²) in [6, 6.07) is 0.0914. The average molecular weight is 210 g/mol. The lowest BCUT2D eigenvalue weighted by atomic mass is 9.79. The van der Waals surface area contributed by atoms with Gasteiger partial charge in [-0.05, 0) is 31.6 Å². The standard InChI is InChI=1S/C11H18N2S/c1-7(12)10-13-8-4-5-11(2,3)6-9(8)14-10/h7H,4-6,12H2,1-3H3. The van der Waals surface area contributed by atoms with E-state index < -0.39 is 0 Å². The minimum Gasteiger partial charge on any atom is -0.322 e. The molecule has 0 saturated carbocycles. The van der Waals surface area contributed by atoms with Crippen LogP contribution in [0.5, 0.6) is 0 Å². The van der Waals surface area contributed by atoms with E-state index in [1.54, 1.807) is 0 Å². The number of rotatable bonds is 1. The fourth-order valence-corrected chi connectivity index (χ4v) is 3.23. The minimum atomic E-state index is 0.0914. The number of aryl methyl sites for hydroxylation is 1. The monoisotopic (exact) mass is 210 g/mol. The number of nitrogens with two attached hydrogens (primary N) is 1. The van der Waals surface area contributed by atoms with Crippen LogP contribution in [-0.4, -0.2) is 4.98 Å². The lowest BCUT2D eigenvalue weighted by molar-refractivity contribution is 0.316. The quantitative estimate of drug-likeness (QED) is 0.774. The summed E-state index contributed by atoms with van der Waals surface area (Å²) in [5, 5.41) is 1.10. The minimum absolute atomic E-state index is 0.0914. The second-order valence-corrected chi connectivity index (χ2v) is 6.17. The first kappa shape index (κ1) is 10.1. The van der Waals surface area contributed by atoms with Crippen molar-refractivity contribution in [1.82, 2.24) is 4.98 Å². The van der Waals surface area contributed by atoms with Gasteiger partial charge in [0.05, 0.1) is 11.7 Å². The molecule has 0 fully saturated rings. The number of hydrogen-bond donors (Lipinski definition) is 1. The Labute approximate surface area is 89.5 Å². The van der Waals surface area contributed by atoms with Crippen LogP contribution in [0.2, 0.25) is 0 Å². The molecule has 0 aromatic carbocycles. The second kappa shape index (κ2) is 3.31. The maximum atomic E-state index is 5.84. The molecule has 3 heteroatoms. The number of hydrogen-bond acceptors (Lipinski definition) is 3. The van der Waals surface area contributed by atoms with Crippen molar-refractivity contribution in [3.63, 3.8) is 0 Å². The normalized spacial score (nSPS) is 21.7. The summed E-state index contributed by atoms with van der Waals surface area (Å²) in [5.41, 5.74) is 7.60. The van der Waals surface area contributed by atoms with Crippen molar-refractivity contribution in [2.24, 2.45) is 11.1 Å². The first-order chi connectivity index (χ1) is 6.48. The molecule has 1 heterocycles. The van der Waals surface area contributed by atoms with E-state index in [9.17, 15) is 0 Å². The van der Waals surface area contributed by atoms with Crippen LogP contribution in [0.15, 0.2) is 0 Å². The molecule has 0 amide bonds. The van der Waals surface area contributed by atoms with E-state index in [1.165, 1.54) is 23.4 Å². The molecule has 2 rings (SSSR count). The second-order valence-electron chi connectivity index (χ2n) is 5.05. The first-order valence-corrected chi connectivity index (χ1v) is 6.04. The zero-order chi connectivity index (χ0) is 10.3. The summed E-state index contributed by atoms with van der Waals surface area (Å²) >= 11 is 1.81. The van der Waals surface area contributed by atoms with Crippen LogP contribution in [-0.2, 0) is 12.8 Å². The Morgan fingerprint density at radius 2 is 2.21 bits per heavy atom. The topological polar surface area (TPSA) is 38.9 Å². The van der Waals surface area contributed by atoms with E-state index >= 15 is 0 Å². The van der Waals surface area contributed by atoms with Crippen molar-refractivity contribution in [2.75, 3.05) is 0 Å². The Bertz CT molecular complexity index is 339. The molecule has 0 aliphatic heterocycles. The highest BCUT2D eigenvalue weighted by Crippen LogP contribution is 2.38. The van der Waals surface area contributed by atoms with Gasteiger partial charge in [0.1, 0.15) is 5.01 Å². The van der Waals surface area contributed by atoms with E-state index in [1.807, 2.05) is 18.3 Å². The SMILES string of the molecule is CC(N)c1nc2c(s1)CC(C)(C)CC2. The van der Waals surface area contributed by atoms with E-state index in [2.05, 4.69) is 18.8 Å². The highest BCUT2D eigenvalue weighted by atomic mass is 32.1. The van der Waals surface area contributed by atoms with Crippen LogP contribution < -0.4 is 5.73 Å². The molecule has 1 aliphatic carbocycles. The van der Waals surface area contributed by atoms with Gasteiger partial charge in [-0.25, -0.2) is 4.98 Å². The molecule has 14 heavy (non-hydrogen) atoms. The largest absolute Gasteiger partial charge is 0.322 e. The lowest BCUT2D eigenvalue weighted by Crippen LogP contribution is -2.20. The Morgan fingerprint density at radius 3 is 2.86 bits per heavy atom. The van der Waals surface area contributed by atoms with Crippen LogP contribution in [0.25, 0.3) is 0 Å². The molecule has 0 bridgehead atoms. The smallest absolute Gasteiger partial charge is 0.110 e. The summed E-state index contributed by atoms with van der Waals surface area (Å²) in [5.74, 6) is 0. The predicted octanol–water partition coefficient (Wildman–Crippen LogP) is 2.68. The Hall–Kier alpha value is -0.410. The third kappa shape index (κ3) is 1.84. The zero-order valence-electron chi connectivity index (χ0n) is 9.13. The van der Waals surface area contributed by atoms with E-state index in [-0.39, 0.29) is 6.04 Å². The fraction of sp³-hybridized carbons (Fsp3) is 0.727. The molecule has 1 aromatic heterocycles. The van der Waals surface area contributed by atoms with Crippen LogP contribution in [0.1, 0.15) is 48.8 Å². The highest BCUT2D eigenvalue weighted by molar-refractivity contribution is 7.11. The molecule has 0 radical (unpaired) electrons. The summed E-state index contributed by atoms with van der Waals surface area (Å²) in [7, 11) is 0. The van der Waals surface area contributed by atoms with E-state index in [4.69, 9.17) is 5.73 Å². The number of thiazole rings is 1. The Morgan fingerprint density at radius 1 is 1.50 bits per heavy atom. The molecule has 78 valence electrons. The van der Waals surface area contributed by atoms with Crippen molar-refractivity contribution in [3.8, 4) is 0 Å². The zero-order valence-corrected chi connectivity index (χ0v) is 9.95. The summed E-state index contributed by atoms with van der Waals surface area (Å²) in [6.45, 7) is 6.68. The van der Waals surface area contributed by atoms with E-state index in [0.29, 0.717) is 5.41 Å². The van der Waals surface area contributed by atoms with Gasteiger partial charge in [-0.2, -0.15) is 0 Å². The highest BCUT2D eigenvalue weighted by Gasteiger charge is 2.28. The molecular formula is C11H18N2S. The maximum Gasteiger partial charge on any atom is 0.110 e. The van der Waals surface area contributed by atoms with Crippen LogP contribution in [0.3, 0.4) is 0 Å². The van der Waals surface area contributed by atoms with Gasteiger partial charge in [0, 0.05) is 4.88 Å². The van der Waals surface area contributed by atoms with Crippen LogP contribution in [0, 0.1) is 5.41 Å². The molecule has 0 saturated heterocycles. The van der Waals surface area contributed by atoms with Gasteiger partial charge in [-0.1, -0.05) is 13.8 Å². The fourth-order valence-electron chi connectivity index (χ4n) is 1.91. The molecule has 1 unspecified atom stereocenters. The van der Waals surface area contributed by atoms with Crippen molar-refractivity contribution >= 4 is 11.3 Å². The van der Waals surface area contributed by atoms with Gasteiger partial charge in [-0.15, -0.1) is 11.3 Å². The average Bonchev–Trinajstić information content (AvgIpc) is 2.45. The van der Waals surface area contributed by atoms with Crippen molar-refractivity contribution in [3.05, 3.63) is 15.6 Å². The molecule has 1 aromatic rings. The molecular weight excluding hydrogens is 192 g/mol. The van der Waals surface area contributed by atoms with E-state index in [0.717, 1.165) is 11.4 Å². The molecule has 1 atom stereocenters. The van der Waals surface area contributed by atoms with Crippen LogP contribution in [0.4, 0.5) is 0 Å². The third-order valence-corrected chi connectivity index (χ3v) is 4.16. The Balaban J connectivity index is 2.30. The molecule has 2 N–H and O–H groups in total. The number of fused-ring (bicyclic) bond motifs is 1. The van der Waals surface area contributed by atoms with Crippen molar-refractivity contribution in [1.29, 1.82) is 0 Å². The summed E-state index contributed by atoms with van der Waals surface area (Å²) in [6.07, 6.45) is 3.56. The Kier molecular flexibility index (Phi) is 2.40. The van der Waals surface area contributed by atoms with Gasteiger partial charge in [-0.3, -0.25) is 0 Å². The van der Waals surface area contributed by atoms with Gasteiger partial charge in [0.2, 0.25) is 0 Å². The van der Waals surface area contributed by atoms with Gasteiger partial charge < -0.3 is 5.73 Å². The predicted molar refractivity (Wildman–Crippen MR) is 60.5 cm³/mol. The lowest BCUT2D eigenvalue weighted by Gasteiger charge is -2.28. The van der Waals surface area contributed by atoms with Gasteiger partial charge in [0.15, 0.2) is 0 Å². The van der Waals surface area contributed by atoms with Gasteiger partial charge in [0.25, 0.3) is 0 Å². The molecule has 2 nitrogen and oxygen atoms in total. The van der Waals surface area contributed by atoms with Crippen molar-refractivity contribution in [2.45, 2.75) is 46.1 Å². The molecule has 0 spiro atoms. The number of nitrogens with zero attached hydrogens (tertiary/aromatic N) is 1. The maximum absolute atomic E-state index is 5.84. The summed E-state index contributed by atoms with van der Waals surface area (Å²) in [4.78, 5) is 6.08. The third-order valence-electron chi connectivity index (χ3n) is 2.86. The molecule has 1 aliphatic rings.